The van der Waals surface area contributed by atoms with Crippen LogP contribution in [0.25, 0.3) is 0 Å². The highest BCUT2D eigenvalue weighted by molar-refractivity contribution is 7.80. The fourth-order valence-corrected chi connectivity index (χ4v) is 2.77. The first kappa shape index (κ1) is 12.0. The molecule has 1 unspecified atom stereocenters. The van der Waals surface area contributed by atoms with Crippen molar-refractivity contribution in [3.63, 3.8) is 0 Å². The van der Waals surface area contributed by atoms with Crippen molar-refractivity contribution in [3.8, 4) is 0 Å². The molecule has 1 fully saturated rings. The molecule has 1 aromatic carbocycles. The molecule has 0 radical (unpaired) electrons. The Hall–Kier alpha value is -0.470. The van der Waals surface area contributed by atoms with Gasteiger partial charge in [-0.3, -0.25) is 0 Å². The van der Waals surface area contributed by atoms with Crippen LogP contribution in [0.1, 0.15) is 55.2 Å². The Balaban J connectivity index is 2.06. The van der Waals surface area contributed by atoms with Gasteiger partial charge in [0.25, 0.3) is 0 Å². The monoisotopic (exact) mass is 235 g/mol. The molecule has 0 spiro atoms. The third-order valence-corrected chi connectivity index (χ3v) is 4.03. The predicted molar refractivity (Wildman–Crippen MR) is 73.0 cm³/mol. The van der Waals surface area contributed by atoms with E-state index < -0.39 is 0 Å². The molecular formula is C14H21NS. The van der Waals surface area contributed by atoms with Crippen molar-refractivity contribution in [2.45, 2.75) is 44.1 Å². The maximum atomic E-state index is 5.95. The molecule has 2 rings (SSSR count). The third-order valence-electron chi connectivity index (χ3n) is 3.64. The Morgan fingerprint density at radius 3 is 2.31 bits per heavy atom. The summed E-state index contributed by atoms with van der Waals surface area (Å²) in [6.45, 7) is 0. The van der Waals surface area contributed by atoms with Crippen molar-refractivity contribution in [2.75, 3.05) is 5.75 Å². The van der Waals surface area contributed by atoms with Crippen molar-refractivity contribution in [2.24, 2.45) is 5.73 Å². The Morgan fingerprint density at radius 1 is 1.12 bits per heavy atom. The van der Waals surface area contributed by atoms with Crippen LogP contribution in [0.2, 0.25) is 0 Å². The van der Waals surface area contributed by atoms with E-state index in [-0.39, 0.29) is 6.04 Å². The number of rotatable bonds is 3. The van der Waals surface area contributed by atoms with E-state index in [2.05, 4.69) is 36.9 Å². The molecule has 0 amide bonds. The van der Waals surface area contributed by atoms with Crippen LogP contribution >= 0.6 is 12.6 Å². The predicted octanol–water partition coefficient (Wildman–Crippen LogP) is 3.66. The second-order valence-corrected chi connectivity index (χ2v) is 5.16. The van der Waals surface area contributed by atoms with E-state index in [0.29, 0.717) is 5.75 Å². The first-order valence-electron chi connectivity index (χ1n) is 6.27. The highest BCUT2D eigenvalue weighted by atomic mass is 32.1. The Labute approximate surface area is 104 Å². The lowest BCUT2D eigenvalue weighted by molar-refractivity contribution is 0.443. The molecule has 1 aromatic rings. The molecule has 1 aliphatic carbocycles. The van der Waals surface area contributed by atoms with Crippen LogP contribution in [0.5, 0.6) is 0 Å². The van der Waals surface area contributed by atoms with Crippen molar-refractivity contribution >= 4 is 12.6 Å². The lowest BCUT2D eigenvalue weighted by Gasteiger charge is -2.22. The van der Waals surface area contributed by atoms with Crippen molar-refractivity contribution in [3.05, 3.63) is 35.4 Å². The summed E-state index contributed by atoms with van der Waals surface area (Å²) < 4.78 is 0. The van der Waals surface area contributed by atoms with Crippen LogP contribution < -0.4 is 5.73 Å². The largest absolute Gasteiger partial charge is 0.323 e. The van der Waals surface area contributed by atoms with E-state index in [4.69, 9.17) is 5.73 Å². The van der Waals surface area contributed by atoms with Crippen LogP contribution in [-0.4, -0.2) is 5.75 Å². The second kappa shape index (κ2) is 5.74. The molecule has 1 nitrogen and oxygen atoms in total. The maximum absolute atomic E-state index is 5.95. The summed E-state index contributed by atoms with van der Waals surface area (Å²) >= 11 is 4.23. The van der Waals surface area contributed by atoms with Crippen molar-refractivity contribution in [1.82, 2.24) is 0 Å². The minimum absolute atomic E-state index is 0.0729. The fourth-order valence-electron chi connectivity index (χ4n) is 2.56. The van der Waals surface area contributed by atoms with Gasteiger partial charge in [-0.1, -0.05) is 43.5 Å². The highest BCUT2D eigenvalue weighted by Gasteiger charge is 2.15. The number of hydrogen-bond acceptors (Lipinski definition) is 2. The average molecular weight is 235 g/mol. The van der Waals surface area contributed by atoms with Crippen LogP contribution in [0.3, 0.4) is 0 Å². The molecule has 0 aromatic heterocycles. The van der Waals surface area contributed by atoms with Crippen LogP contribution in [0, 0.1) is 0 Å². The summed E-state index contributed by atoms with van der Waals surface area (Å²) in [5.74, 6) is 1.50. The molecule has 1 aliphatic rings. The Bertz CT molecular complexity index is 314. The van der Waals surface area contributed by atoms with E-state index in [1.54, 1.807) is 0 Å². The van der Waals surface area contributed by atoms with Crippen molar-refractivity contribution in [1.29, 1.82) is 0 Å². The van der Waals surface area contributed by atoms with Gasteiger partial charge in [0.1, 0.15) is 0 Å². The van der Waals surface area contributed by atoms with Gasteiger partial charge in [0.15, 0.2) is 0 Å². The first-order valence-corrected chi connectivity index (χ1v) is 6.91. The van der Waals surface area contributed by atoms with E-state index >= 15 is 0 Å². The van der Waals surface area contributed by atoms with Gasteiger partial charge in [0, 0.05) is 11.8 Å². The topological polar surface area (TPSA) is 26.0 Å². The molecule has 88 valence electrons. The summed E-state index contributed by atoms with van der Waals surface area (Å²) in [6.07, 6.45) is 6.92. The van der Waals surface area contributed by atoms with E-state index in [1.165, 1.54) is 43.2 Å². The van der Waals surface area contributed by atoms with Gasteiger partial charge >= 0.3 is 0 Å². The zero-order valence-electron chi connectivity index (χ0n) is 9.73. The lowest BCUT2D eigenvalue weighted by Crippen LogP contribution is -2.12. The smallest absolute Gasteiger partial charge is 0.0384 e. The quantitative estimate of drug-likeness (QED) is 0.768. The number of hydrogen-bond donors (Lipinski definition) is 2. The van der Waals surface area contributed by atoms with Crippen LogP contribution in [-0.2, 0) is 0 Å². The van der Waals surface area contributed by atoms with Gasteiger partial charge in [-0.05, 0) is 29.9 Å². The highest BCUT2D eigenvalue weighted by Crippen LogP contribution is 2.32. The summed E-state index contributed by atoms with van der Waals surface area (Å²) in [5.41, 5.74) is 8.64. The van der Waals surface area contributed by atoms with E-state index in [1.807, 2.05) is 0 Å². The second-order valence-electron chi connectivity index (χ2n) is 4.79. The molecule has 1 saturated carbocycles. The summed E-state index contributed by atoms with van der Waals surface area (Å²) in [4.78, 5) is 0. The zero-order valence-corrected chi connectivity index (χ0v) is 10.6. The first-order chi connectivity index (χ1) is 7.81. The van der Waals surface area contributed by atoms with Gasteiger partial charge in [-0.25, -0.2) is 0 Å². The Morgan fingerprint density at radius 2 is 1.75 bits per heavy atom. The summed E-state index contributed by atoms with van der Waals surface area (Å²) in [7, 11) is 0. The third kappa shape index (κ3) is 2.80. The maximum Gasteiger partial charge on any atom is 0.0384 e. The zero-order chi connectivity index (χ0) is 11.4. The SMILES string of the molecule is NC(CS)c1ccc(C2CCCCC2)cc1. The molecule has 1 atom stereocenters. The van der Waals surface area contributed by atoms with E-state index in [9.17, 15) is 0 Å². The Kier molecular flexibility index (Phi) is 4.30. The summed E-state index contributed by atoms with van der Waals surface area (Å²) in [6, 6.07) is 8.93. The molecule has 0 bridgehead atoms. The molecule has 0 heterocycles. The lowest BCUT2D eigenvalue weighted by atomic mass is 9.84. The fraction of sp³-hybridized carbons (Fsp3) is 0.571. The van der Waals surface area contributed by atoms with Gasteiger partial charge in [0.2, 0.25) is 0 Å². The normalized spacial score (nSPS) is 19.6. The van der Waals surface area contributed by atoms with Gasteiger partial charge < -0.3 is 5.73 Å². The molecule has 16 heavy (non-hydrogen) atoms. The number of thiol groups is 1. The van der Waals surface area contributed by atoms with Crippen LogP contribution in [0.15, 0.2) is 24.3 Å². The van der Waals surface area contributed by atoms with Gasteiger partial charge in [0.05, 0.1) is 0 Å². The molecule has 0 aliphatic heterocycles. The van der Waals surface area contributed by atoms with Crippen molar-refractivity contribution < 1.29 is 0 Å². The molecule has 0 saturated heterocycles. The van der Waals surface area contributed by atoms with E-state index in [0.717, 1.165) is 5.92 Å². The number of nitrogens with two attached hydrogens (primary N) is 1. The molecule has 2 N–H and O–H groups in total. The molecule has 2 heteroatoms. The van der Waals surface area contributed by atoms with Crippen LogP contribution in [0.4, 0.5) is 0 Å². The summed E-state index contributed by atoms with van der Waals surface area (Å²) in [5, 5.41) is 0. The minimum atomic E-state index is 0.0729. The minimum Gasteiger partial charge on any atom is -0.323 e. The standard InChI is InChI=1S/C14H21NS/c15-14(10-16)13-8-6-12(7-9-13)11-4-2-1-3-5-11/h6-9,11,14,16H,1-5,10,15H2. The van der Waals surface area contributed by atoms with Gasteiger partial charge in [-0.15, -0.1) is 0 Å². The van der Waals surface area contributed by atoms with Gasteiger partial charge in [-0.2, -0.15) is 12.6 Å². The number of benzene rings is 1. The average Bonchev–Trinajstić information content (AvgIpc) is 2.39. The molecular weight excluding hydrogens is 214 g/mol.